The van der Waals surface area contributed by atoms with Gasteiger partial charge in [-0.05, 0) is 39.8 Å². The number of benzene rings is 1. The van der Waals surface area contributed by atoms with Crippen LogP contribution in [0.1, 0.15) is 38.1 Å². The first kappa shape index (κ1) is 24.7. The number of aromatic nitrogens is 3. The SMILES string of the molecule is CC(C)Nc1nc(NC(C)C)nc(N(C#N)C(NC(=O)c2ccccc2)C(Cl)(Cl)Cl)n1. The molecule has 9 nitrogen and oxygen atoms in total. The van der Waals surface area contributed by atoms with Crippen molar-refractivity contribution in [2.45, 2.75) is 49.7 Å². The first-order chi connectivity index (χ1) is 14.5. The van der Waals surface area contributed by atoms with Crippen LogP contribution in [0.15, 0.2) is 30.3 Å². The predicted octanol–water partition coefficient (Wildman–Crippen LogP) is 3.93. The van der Waals surface area contributed by atoms with E-state index in [2.05, 4.69) is 30.9 Å². The molecule has 166 valence electrons. The fourth-order valence-electron chi connectivity index (χ4n) is 2.43. The van der Waals surface area contributed by atoms with Crippen molar-refractivity contribution in [3.8, 4) is 6.19 Å². The summed E-state index contributed by atoms with van der Waals surface area (Å²) in [6.45, 7) is 7.63. The van der Waals surface area contributed by atoms with E-state index in [9.17, 15) is 10.1 Å². The lowest BCUT2D eigenvalue weighted by molar-refractivity contribution is 0.0938. The van der Waals surface area contributed by atoms with Crippen molar-refractivity contribution in [2.24, 2.45) is 0 Å². The number of nitrogens with one attached hydrogen (secondary N) is 3. The van der Waals surface area contributed by atoms with E-state index in [1.165, 1.54) is 0 Å². The number of carbonyl (C=O) groups excluding carboxylic acids is 1. The number of hydrogen-bond donors (Lipinski definition) is 3. The van der Waals surface area contributed by atoms with Crippen LogP contribution in [0.4, 0.5) is 17.8 Å². The van der Waals surface area contributed by atoms with Crippen LogP contribution in [-0.2, 0) is 0 Å². The van der Waals surface area contributed by atoms with Crippen molar-refractivity contribution < 1.29 is 4.79 Å². The van der Waals surface area contributed by atoms with E-state index >= 15 is 0 Å². The number of alkyl halides is 3. The minimum atomic E-state index is -2.08. The van der Waals surface area contributed by atoms with Gasteiger partial charge in [-0.3, -0.25) is 4.79 Å². The van der Waals surface area contributed by atoms with Crippen molar-refractivity contribution >= 4 is 58.6 Å². The molecular weight excluding hydrogens is 463 g/mol. The van der Waals surface area contributed by atoms with E-state index in [1.807, 2.05) is 33.9 Å². The molecular formula is C19H23Cl3N8O. The van der Waals surface area contributed by atoms with E-state index < -0.39 is 15.9 Å². The zero-order chi connectivity index (χ0) is 23.2. The molecule has 1 aromatic carbocycles. The number of rotatable bonds is 8. The highest BCUT2D eigenvalue weighted by atomic mass is 35.6. The number of anilines is 3. The third kappa shape index (κ3) is 7.28. The molecule has 2 aromatic rings. The molecule has 0 aliphatic heterocycles. The number of amides is 1. The van der Waals surface area contributed by atoms with Crippen LogP contribution in [0.25, 0.3) is 0 Å². The van der Waals surface area contributed by atoms with Gasteiger partial charge in [0.2, 0.25) is 21.6 Å². The number of nitriles is 1. The van der Waals surface area contributed by atoms with E-state index in [0.29, 0.717) is 5.56 Å². The summed E-state index contributed by atoms with van der Waals surface area (Å²) in [4.78, 5) is 26.4. The van der Waals surface area contributed by atoms with Crippen LogP contribution < -0.4 is 20.9 Å². The van der Waals surface area contributed by atoms with Gasteiger partial charge in [-0.15, -0.1) is 0 Å². The van der Waals surface area contributed by atoms with Crippen LogP contribution in [-0.4, -0.2) is 42.9 Å². The minimum absolute atomic E-state index is 0.0134. The maximum absolute atomic E-state index is 12.7. The number of hydrogen-bond acceptors (Lipinski definition) is 8. The second-order valence-corrected chi connectivity index (χ2v) is 9.50. The lowest BCUT2D eigenvalue weighted by atomic mass is 10.2. The Morgan fingerprint density at radius 1 is 1.00 bits per heavy atom. The molecule has 1 atom stereocenters. The number of nitrogens with zero attached hydrogens (tertiary/aromatic N) is 5. The third-order valence-corrected chi connectivity index (χ3v) is 4.27. The summed E-state index contributed by atoms with van der Waals surface area (Å²) >= 11 is 18.4. The minimum Gasteiger partial charge on any atom is -0.352 e. The Kier molecular flexibility index (Phi) is 8.51. The fourth-order valence-corrected chi connectivity index (χ4v) is 2.88. The number of halogens is 3. The van der Waals surface area contributed by atoms with Crippen molar-refractivity contribution in [3.05, 3.63) is 35.9 Å². The average molecular weight is 486 g/mol. The smallest absolute Gasteiger partial charge is 0.253 e. The molecule has 1 aromatic heterocycles. The molecule has 1 amide bonds. The van der Waals surface area contributed by atoms with E-state index in [1.54, 1.807) is 30.3 Å². The summed E-state index contributed by atoms with van der Waals surface area (Å²) in [5, 5.41) is 18.5. The van der Waals surface area contributed by atoms with Crippen molar-refractivity contribution in [1.82, 2.24) is 20.3 Å². The fraction of sp³-hybridized carbons (Fsp3) is 0.421. The lowest BCUT2D eigenvalue weighted by Gasteiger charge is -2.31. The van der Waals surface area contributed by atoms with Crippen LogP contribution >= 0.6 is 34.8 Å². The Labute approximate surface area is 196 Å². The monoisotopic (exact) mass is 484 g/mol. The summed E-state index contributed by atoms with van der Waals surface area (Å²) in [7, 11) is 0. The summed E-state index contributed by atoms with van der Waals surface area (Å²) in [6.07, 6.45) is 0.508. The van der Waals surface area contributed by atoms with Gasteiger partial charge in [0.05, 0.1) is 0 Å². The van der Waals surface area contributed by atoms with Crippen LogP contribution in [0.3, 0.4) is 0 Å². The summed E-state index contributed by atoms with van der Waals surface area (Å²) in [6, 6.07) is 8.38. The Morgan fingerprint density at radius 3 is 1.94 bits per heavy atom. The Balaban J connectivity index is 2.47. The third-order valence-electron chi connectivity index (χ3n) is 3.65. The molecule has 0 fully saturated rings. The van der Waals surface area contributed by atoms with Gasteiger partial charge in [-0.2, -0.15) is 20.2 Å². The average Bonchev–Trinajstić information content (AvgIpc) is 2.66. The highest BCUT2D eigenvalue weighted by molar-refractivity contribution is 6.68. The van der Waals surface area contributed by atoms with Gasteiger partial charge in [-0.1, -0.05) is 53.0 Å². The zero-order valence-electron chi connectivity index (χ0n) is 17.4. The lowest BCUT2D eigenvalue weighted by Crippen LogP contribution is -2.54. The Hall–Kier alpha value is -2.54. The number of carbonyl (C=O) groups is 1. The molecule has 0 saturated carbocycles. The molecule has 0 aliphatic carbocycles. The summed E-state index contributed by atoms with van der Waals surface area (Å²) in [5.74, 6) is -0.192. The molecule has 1 heterocycles. The van der Waals surface area contributed by atoms with Gasteiger partial charge in [0.15, 0.2) is 12.4 Å². The highest BCUT2D eigenvalue weighted by Gasteiger charge is 2.41. The summed E-state index contributed by atoms with van der Waals surface area (Å²) in [5.41, 5.74) is 0.333. The molecule has 0 saturated heterocycles. The predicted molar refractivity (Wildman–Crippen MR) is 123 cm³/mol. The topological polar surface area (TPSA) is 119 Å². The van der Waals surface area contributed by atoms with Gasteiger partial charge >= 0.3 is 0 Å². The van der Waals surface area contributed by atoms with Crippen LogP contribution in [0.5, 0.6) is 0 Å². The second kappa shape index (κ2) is 10.7. The molecule has 0 bridgehead atoms. The molecule has 2 rings (SSSR count). The van der Waals surface area contributed by atoms with Crippen LogP contribution in [0.2, 0.25) is 0 Å². The largest absolute Gasteiger partial charge is 0.352 e. The van der Waals surface area contributed by atoms with E-state index in [-0.39, 0.29) is 29.9 Å². The van der Waals surface area contributed by atoms with Gasteiger partial charge < -0.3 is 16.0 Å². The zero-order valence-corrected chi connectivity index (χ0v) is 19.7. The maximum Gasteiger partial charge on any atom is 0.253 e. The van der Waals surface area contributed by atoms with Gasteiger partial charge in [0.25, 0.3) is 5.91 Å². The standard InChI is InChI=1S/C19H23Cl3N8O/c1-11(2)24-16-27-17(25-12(3)4)29-18(28-16)30(10-23)15(19(20,21)22)26-14(31)13-8-6-5-7-9-13/h5-9,11-12,15H,1-4H3,(H,26,31)(H2,24,25,27,28,29). The normalized spacial score (nSPS) is 12.3. The van der Waals surface area contributed by atoms with Gasteiger partial charge in [-0.25, -0.2) is 4.90 Å². The highest BCUT2D eigenvalue weighted by Crippen LogP contribution is 2.34. The molecule has 3 N–H and O–H groups in total. The Morgan fingerprint density at radius 2 is 1.52 bits per heavy atom. The first-order valence-electron chi connectivity index (χ1n) is 9.42. The van der Waals surface area contributed by atoms with Gasteiger partial charge in [0, 0.05) is 17.6 Å². The molecule has 12 heteroatoms. The van der Waals surface area contributed by atoms with Crippen molar-refractivity contribution in [1.29, 1.82) is 5.26 Å². The quantitative estimate of drug-likeness (QED) is 0.223. The van der Waals surface area contributed by atoms with E-state index in [0.717, 1.165) is 4.90 Å². The molecule has 0 radical (unpaired) electrons. The maximum atomic E-state index is 12.7. The summed E-state index contributed by atoms with van der Waals surface area (Å²) < 4.78 is -2.08. The molecule has 31 heavy (non-hydrogen) atoms. The Bertz CT molecular complexity index is 900. The molecule has 0 spiro atoms. The second-order valence-electron chi connectivity index (χ2n) is 7.13. The first-order valence-corrected chi connectivity index (χ1v) is 10.6. The molecule has 0 aliphatic rings. The van der Waals surface area contributed by atoms with Gasteiger partial charge in [0.1, 0.15) is 0 Å². The van der Waals surface area contributed by atoms with E-state index in [4.69, 9.17) is 34.8 Å². The van der Waals surface area contributed by atoms with Crippen LogP contribution in [0, 0.1) is 11.5 Å². The van der Waals surface area contributed by atoms with Crippen molar-refractivity contribution in [2.75, 3.05) is 15.5 Å². The molecule has 1 unspecified atom stereocenters. The van der Waals surface area contributed by atoms with Crippen molar-refractivity contribution in [3.63, 3.8) is 0 Å².